The molecule has 2 aromatic carbocycles. The highest BCUT2D eigenvalue weighted by molar-refractivity contribution is 6.01. The molecule has 0 radical (unpaired) electrons. The van der Waals surface area contributed by atoms with Gasteiger partial charge in [-0.25, -0.2) is 9.50 Å². The summed E-state index contributed by atoms with van der Waals surface area (Å²) >= 11 is 0. The van der Waals surface area contributed by atoms with Crippen molar-refractivity contribution in [3.8, 4) is 5.75 Å². The number of carbonyl (C=O) groups excluding carboxylic acids is 1. The lowest BCUT2D eigenvalue weighted by atomic mass is 9.89. The van der Waals surface area contributed by atoms with Gasteiger partial charge in [0.2, 0.25) is 0 Å². The molecule has 0 atom stereocenters. The van der Waals surface area contributed by atoms with Gasteiger partial charge >= 0.3 is 6.36 Å². The zero-order chi connectivity index (χ0) is 27.6. The molecule has 1 fully saturated rings. The normalized spacial score (nSPS) is 14.5. The highest BCUT2D eigenvalue weighted by Crippen LogP contribution is 2.32. The molecule has 204 valence electrons. The molecular formula is C29H30F3N5O2. The number of nitrogens with zero attached hydrogens (tertiary/aromatic N) is 4. The van der Waals surface area contributed by atoms with Crippen LogP contribution in [-0.4, -0.2) is 40.0 Å². The smallest absolute Gasteiger partial charge is 0.406 e. The Kier molecular flexibility index (Phi) is 7.45. The van der Waals surface area contributed by atoms with Crippen molar-refractivity contribution >= 4 is 17.2 Å². The molecule has 4 aromatic rings. The fourth-order valence-corrected chi connectivity index (χ4v) is 5.09. The number of fused-ring (bicyclic) bond motifs is 1. The van der Waals surface area contributed by atoms with Gasteiger partial charge in [0.15, 0.2) is 5.65 Å². The van der Waals surface area contributed by atoms with E-state index in [2.05, 4.69) is 37.2 Å². The van der Waals surface area contributed by atoms with E-state index < -0.39 is 6.36 Å². The molecule has 1 aliphatic rings. The van der Waals surface area contributed by atoms with Crippen molar-refractivity contribution in [1.29, 1.82) is 0 Å². The van der Waals surface area contributed by atoms with Crippen LogP contribution < -0.4 is 15.0 Å². The number of ether oxygens (including phenoxy) is 1. The van der Waals surface area contributed by atoms with Crippen LogP contribution in [0.3, 0.4) is 0 Å². The van der Waals surface area contributed by atoms with Crippen LogP contribution in [0, 0.1) is 6.92 Å². The predicted octanol–water partition coefficient (Wildman–Crippen LogP) is 5.81. The summed E-state index contributed by atoms with van der Waals surface area (Å²) in [4.78, 5) is 19.7. The van der Waals surface area contributed by atoms with E-state index in [1.807, 2.05) is 32.0 Å². The Morgan fingerprint density at radius 2 is 1.74 bits per heavy atom. The van der Waals surface area contributed by atoms with Crippen molar-refractivity contribution in [2.45, 2.75) is 51.9 Å². The SMILES string of the molecule is CCc1nn2c(C)ccnc2c1C(=O)NCc1ccc(N2CCC(c3ccc(OC(F)(F)F)cc3)CC2)cc1. The van der Waals surface area contributed by atoms with Crippen LogP contribution in [0.5, 0.6) is 5.75 Å². The molecule has 0 saturated carbocycles. The van der Waals surface area contributed by atoms with Crippen LogP contribution in [0.15, 0.2) is 60.8 Å². The maximum absolute atomic E-state index is 13.1. The molecule has 1 aliphatic heterocycles. The Balaban J connectivity index is 1.16. The number of piperidine rings is 1. The summed E-state index contributed by atoms with van der Waals surface area (Å²) in [6.07, 6.45) is -0.547. The van der Waals surface area contributed by atoms with Crippen molar-refractivity contribution in [3.63, 3.8) is 0 Å². The molecule has 2 aromatic heterocycles. The van der Waals surface area contributed by atoms with Crippen LogP contribution in [0.4, 0.5) is 18.9 Å². The fourth-order valence-electron chi connectivity index (χ4n) is 5.09. The number of carbonyl (C=O) groups is 1. The number of anilines is 1. The van der Waals surface area contributed by atoms with E-state index in [9.17, 15) is 18.0 Å². The van der Waals surface area contributed by atoms with E-state index in [0.29, 0.717) is 30.1 Å². The largest absolute Gasteiger partial charge is 0.573 e. The molecule has 3 heterocycles. The van der Waals surface area contributed by atoms with Crippen molar-refractivity contribution in [1.82, 2.24) is 19.9 Å². The number of hydrogen-bond acceptors (Lipinski definition) is 5. The molecule has 0 bridgehead atoms. The summed E-state index contributed by atoms with van der Waals surface area (Å²) in [6.45, 7) is 5.99. The molecule has 10 heteroatoms. The Morgan fingerprint density at radius 3 is 2.38 bits per heavy atom. The number of rotatable bonds is 7. The maximum Gasteiger partial charge on any atom is 0.573 e. The fraction of sp³-hybridized carbons (Fsp3) is 0.345. The molecule has 0 unspecified atom stereocenters. The molecular weight excluding hydrogens is 507 g/mol. The third-order valence-corrected chi connectivity index (χ3v) is 7.18. The lowest BCUT2D eigenvalue weighted by molar-refractivity contribution is -0.274. The highest BCUT2D eigenvalue weighted by Gasteiger charge is 2.31. The molecule has 1 saturated heterocycles. The summed E-state index contributed by atoms with van der Waals surface area (Å²) in [5.41, 5.74) is 5.84. The third-order valence-electron chi connectivity index (χ3n) is 7.18. The van der Waals surface area contributed by atoms with Gasteiger partial charge in [0.1, 0.15) is 11.3 Å². The first-order valence-corrected chi connectivity index (χ1v) is 13.0. The molecule has 7 nitrogen and oxygen atoms in total. The molecule has 1 amide bonds. The number of hydrogen-bond donors (Lipinski definition) is 1. The zero-order valence-corrected chi connectivity index (χ0v) is 21.8. The second kappa shape index (κ2) is 11.0. The predicted molar refractivity (Wildman–Crippen MR) is 142 cm³/mol. The van der Waals surface area contributed by atoms with Gasteiger partial charge in [-0.3, -0.25) is 4.79 Å². The Hall–Kier alpha value is -4.08. The van der Waals surface area contributed by atoms with Gasteiger partial charge in [0.25, 0.3) is 5.91 Å². The van der Waals surface area contributed by atoms with E-state index in [-0.39, 0.29) is 11.7 Å². The monoisotopic (exact) mass is 537 g/mol. The van der Waals surface area contributed by atoms with E-state index in [1.54, 1.807) is 22.8 Å². The number of nitrogens with one attached hydrogen (secondary N) is 1. The van der Waals surface area contributed by atoms with Gasteiger partial charge in [-0.2, -0.15) is 5.10 Å². The Labute approximate surface area is 224 Å². The molecule has 0 spiro atoms. The van der Waals surface area contributed by atoms with E-state index >= 15 is 0 Å². The van der Waals surface area contributed by atoms with Gasteiger partial charge in [0, 0.05) is 37.2 Å². The number of aromatic nitrogens is 3. The summed E-state index contributed by atoms with van der Waals surface area (Å²) in [5, 5.41) is 7.56. The lowest BCUT2D eigenvalue weighted by Crippen LogP contribution is -2.32. The first-order valence-electron chi connectivity index (χ1n) is 13.0. The number of amides is 1. The van der Waals surface area contributed by atoms with Crippen molar-refractivity contribution < 1.29 is 22.7 Å². The summed E-state index contributed by atoms with van der Waals surface area (Å²) < 4.78 is 42.9. The topological polar surface area (TPSA) is 71.8 Å². The van der Waals surface area contributed by atoms with E-state index in [0.717, 1.165) is 54.1 Å². The van der Waals surface area contributed by atoms with Crippen LogP contribution >= 0.6 is 0 Å². The van der Waals surface area contributed by atoms with Gasteiger partial charge in [-0.05, 0) is 73.6 Å². The quantitative estimate of drug-likeness (QED) is 0.322. The van der Waals surface area contributed by atoms with Crippen molar-refractivity contribution in [3.05, 3.63) is 88.9 Å². The van der Waals surface area contributed by atoms with Gasteiger partial charge < -0.3 is 15.0 Å². The minimum atomic E-state index is -4.68. The first kappa shape index (κ1) is 26.5. The second-order valence-electron chi connectivity index (χ2n) is 9.72. The first-order chi connectivity index (χ1) is 18.7. The second-order valence-corrected chi connectivity index (χ2v) is 9.72. The average Bonchev–Trinajstić information content (AvgIpc) is 3.32. The van der Waals surface area contributed by atoms with Crippen molar-refractivity contribution in [2.24, 2.45) is 0 Å². The number of halogens is 3. The molecule has 39 heavy (non-hydrogen) atoms. The van der Waals surface area contributed by atoms with Crippen LogP contribution in [0.25, 0.3) is 5.65 Å². The minimum absolute atomic E-state index is 0.191. The third kappa shape index (κ3) is 6.00. The van der Waals surface area contributed by atoms with Gasteiger partial charge in [-0.1, -0.05) is 31.2 Å². The highest BCUT2D eigenvalue weighted by atomic mass is 19.4. The van der Waals surface area contributed by atoms with E-state index in [4.69, 9.17) is 0 Å². The van der Waals surface area contributed by atoms with Gasteiger partial charge in [-0.15, -0.1) is 13.2 Å². The van der Waals surface area contributed by atoms with Crippen LogP contribution in [-0.2, 0) is 13.0 Å². The molecule has 1 N–H and O–H groups in total. The van der Waals surface area contributed by atoms with E-state index in [1.165, 1.54) is 12.1 Å². The summed E-state index contributed by atoms with van der Waals surface area (Å²) in [6, 6.07) is 16.2. The number of benzene rings is 2. The summed E-state index contributed by atoms with van der Waals surface area (Å²) in [5.74, 6) is -0.0952. The lowest BCUT2D eigenvalue weighted by Gasteiger charge is -2.34. The maximum atomic E-state index is 13.1. The van der Waals surface area contributed by atoms with Gasteiger partial charge in [0.05, 0.1) is 5.69 Å². The Morgan fingerprint density at radius 1 is 1.05 bits per heavy atom. The number of alkyl halides is 3. The minimum Gasteiger partial charge on any atom is -0.406 e. The Bertz CT molecular complexity index is 1440. The van der Waals surface area contributed by atoms with Crippen molar-refractivity contribution in [2.75, 3.05) is 18.0 Å². The molecule has 5 rings (SSSR count). The average molecular weight is 538 g/mol. The zero-order valence-electron chi connectivity index (χ0n) is 21.8. The van der Waals surface area contributed by atoms with Crippen LogP contribution in [0.2, 0.25) is 0 Å². The molecule has 0 aliphatic carbocycles. The summed E-state index contributed by atoms with van der Waals surface area (Å²) in [7, 11) is 0. The standard InChI is InChI=1S/C29H30F3N5O2/c1-3-25-26(27-33-15-12-19(2)37(27)35-25)28(38)34-18-20-4-8-23(9-5-20)36-16-13-22(14-17-36)21-6-10-24(11-7-21)39-29(30,31)32/h4-12,15,22H,3,13-14,16-18H2,1-2H3,(H,34,38). The number of aryl methyl sites for hydroxylation is 2. The van der Waals surface area contributed by atoms with Crippen LogP contribution in [0.1, 0.15) is 58.6 Å².